The van der Waals surface area contributed by atoms with Crippen LogP contribution in [0.15, 0.2) is 18.2 Å². The summed E-state index contributed by atoms with van der Waals surface area (Å²) in [5, 5.41) is 9.74. The van der Waals surface area contributed by atoms with Crippen LogP contribution < -0.4 is 4.74 Å². The molecule has 0 saturated carbocycles. The van der Waals surface area contributed by atoms with E-state index in [9.17, 15) is 5.11 Å². The van der Waals surface area contributed by atoms with E-state index in [1.54, 1.807) is 0 Å². The molecule has 1 aromatic carbocycles. The van der Waals surface area contributed by atoms with Crippen LogP contribution in [0.4, 0.5) is 0 Å². The fourth-order valence-electron chi connectivity index (χ4n) is 2.63. The Balaban J connectivity index is 1.71. The molecule has 1 heterocycles. The number of rotatable bonds is 2. The Bertz CT molecular complexity index is 396. The molecule has 1 fully saturated rings. The van der Waals surface area contributed by atoms with Crippen LogP contribution in [0, 0.1) is 0 Å². The molecule has 1 saturated heterocycles. The van der Waals surface area contributed by atoms with Gasteiger partial charge in [-0.3, -0.25) is 0 Å². The van der Waals surface area contributed by atoms with Crippen LogP contribution in [0.3, 0.4) is 0 Å². The van der Waals surface area contributed by atoms with Gasteiger partial charge in [-0.2, -0.15) is 0 Å². The molecule has 17 heavy (non-hydrogen) atoms. The summed E-state index contributed by atoms with van der Waals surface area (Å²) in [5.41, 5.74) is 2.31. The molecule has 0 spiro atoms. The van der Waals surface area contributed by atoms with Gasteiger partial charge in [-0.15, -0.1) is 0 Å². The lowest BCUT2D eigenvalue weighted by atomic mass is 10.1. The fourth-order valence-corrected chi connectivity index (χ4v) is 2.63. The second-order valence-electron chi connectivity index (χ2n) is 4.84. The fraction of sp³-hybridized carbons (Fsp3) is 0.571. The predicted octanol–water partition coefficient (Wildman–Crippen LogP) is 2.22. The highest BCUT2D eigenvalue weighted by molar-refractivity contribution is 5.39. The standard InChI is InChI=1S/C14H18O3/c15-14-4-1-10-9-12(2-3-13(10)14)17-11-5-7-16-8-6-11/h2-3,9,11,14-15H,1,4-8H2. The van der Waals surface area contributed by atoms with Gasteiger partial charge >= 0.3 is 0 Å². The maximum Gasteiger partial charge on any atom is 0.120 e. The maximum atomic E-state index is 9.74. The Hall–Kier alpha value is -1.06. The molecule has 3 heteroatoms. The highest BCUT2D eigenvalue weighted by Gasteiger charge is 2.21. The first-order chi connectivity index (χ1) is 8.33. The van der Waals surface area contributed by atoms with E-state index in [-0.39, 0.29) is 12.2 Å². The monoisotopic (exact) mass is 234 g/mol. The number of aliphatic hydroxyl groups excluding tert-OH is 1. The first kappa shape index (κ1) is 11.1. The Morgan fingerprint density at radius 2 is 2.00 bits per heavy atom. The van der Waals surface area contributed by atoms with Crippen LogP contribution in [0.5, 0.6) is 5.75 Å². The van der Waals surface area contributed by atoms with Gasteiger partial charge in [0.25, 0.3) is 0 Å². The summed E-state index contributed by atoms with van der Waals surface area (Å²) in [6, 6.07) is 6.06. The van der Waals surface area contributed by atoms with Crippen LogP contribution in [0.25, 0.3) is 0 Å². The normalized spacial score (nSPS) is 24.6. The second-order valence-corrected chi connectivity index (χ2v) is 4.84. The van der Waals surface area contributed by atoms with Crippen LogP contribution in [0.1, 0.15) is 36.5 Å². The van der Waals surface area contributed by atoms with Crippen molar-refractivity contribution < 1.29 is 14.6 Å². The number of ether oxygens (including phenoxy) is 2. The average Bonchev–Trinajstić information content (AvgIpc) is 2.72. The smallest absolute Gasteiger partial charge is 0.120 e. The second kappa shape index (κ2) is 4.67. The third-order valence-corrected chi connectivity index (χ3v) is 3.63. The highest BCUT2D eigenvalue weighted by atomic mass is 16.5. The summed E-state index contributed by atoms with van der Waals surface area (Å²) in [4.78, 5) is 0. The summed E-state index contributed by atoms with van der Waals surface area (Å²) >= 11 is 0. The Morgan fingerprint density at radius 3 is 2.82 bits per heavy atom. The minimum Gasteiger partial charge on any atom is -0.490 e. The zero-order valence-corrected chi connectivity index (χ0v) is 9.89. The molecule has 1 atom stereocenters. The van der Waals surface area contributed by atoms with Crippen molar-refractivity contribution in [2.24, 2.45) is 0 Å². The molecular formula is C14H18O3. The summed E-state index contributed by atoms with van der Waals surface area (Å²) in [6.45, 7) is 1.60. The Labute approximate surface area is 101 Å². The van der Waals surface area contributed by atoms with Gasteiger partial charge < -0.3 is 14.6 Å². The molecule has 0 aromatic heterocycles. The topological polar surface area (TPSA) is 38.7 Å². The van der Waals surface area contributed by atoms with E-state index >= 15 is 0 Å². The molecule has 1 unspecified atom stereocenters. The van der Waals surface area contributed by atoms with Gasteiger partial charge in [0.05, 0.1) is 19.3 Å². The highest BCUT2D eigenvalue weighted by Crippen LogP contribution is 2.33. The van der Waals surface area contributed by atoms with Gasteiger partial charge in [0.15, 0.2) is 0 Å². The van der Waals surface area contributed by atoms with E-state index in [0.717, 1.165) is 50.2 Å². The zero-order chi connectivity index (χ0) is 11.7. The molecule has 0 radical (unpaired) electrons. The van der Waals surface area contributed by atoms with Crippen molar-refractivity contribution in [1.29, 1.82) is 0 Å². The van der Waals surface area contributed by atoms with E-state index in [1.807, 2.05) is 12.1 Å². The molecular weight excluding hydrogens is 216 g/mol. The van der Waals surface area contributed by atoms with E-state index in [1.165, 1.54) is 5.56 Å². The summed E-state index contributed by atoms with van der Waals surface area (Å²) in [6.07, 6.45) is 3.76. The molecule has 0 amide bonds. The van der Waals surface area contributed by atoms with Crippen LogP contribution >= 0.6 is 0 Å². The van der Waals surface area contributed by atoms with Gasteiger partial charge in [-0.05, 0) is 36.1 Å². The van der Waals surface area contributed by atoms with Crippen molar-refractivity contribution in [3.05, 3.63) is 29.3 Å². The van der Waals surface area contributed by atoms with Crippen molar-refractivity contribution in [2.45, 2.75) is 37.9 Å². The van der Waals surface area contributed by atoms with Crippen LogP contribution in [0.2, 0.25) is 0 Å². The summed E-state index contributed by atoms with van der Waals surface area (Å²) in [5.74, 6) is 0.935. The Kier molecular flexibility index (Phi) is 3.04. The third-order valence-electron chi connectivity index (χ3n) is 3.63. The molecule has 1 aliphatic heterocycles. The first-order valence-electron chi connectivity index (χ1n) is 6.38. The van der Waals surface area contributed by atoms with E-state index < -0.39 is 0 Å². The maximum absolute atomic E-state index is 9.74. The number of aliphatic hydroxyl groups is 1. The number of benzene rings is 1. The molecule has 1 aliphatic carbocycles. The minimum atomic E-state index is -0.276. The molecule has 3 rings (SSSR count). The lowest BCUT2D eigenvalue weighted by Gasteiger charge is -2.23. The minimum absolute atomic E-state index is 0.276. The van der Waals surface area contributed by atoms with Crippen molar-refractivity contribution in [3.63, 3.8) is 0 Å². The first-order valence-corrected chi connectivity index (χ1v) is 6.38. The molecule has 2 aliphatic rings. The lowest BCUT2D eigenvalue weighted by Crippen LogP contribution is -2.25. The largest absolute Gasteiger partial charge is 0.490 e. The van der Waals surface area contributed by atoms with E-state index in [0.29, 0.717) is 0 Å². The lowest BCUT2D eigenvalue weighted by molar-refractivity contribution is 0.0255. The van der Waals surface area contributed by atoms with Gasteiger partial charge in [0, 0.05) is 12.8 Å². The number of hydrogen-bond acceptors (Lipinski definition) is 3. The van der Waals surface area contributed by atoms with Crippen molar-refractivity contribution >= 4 is 0 Å². The SMILES string of the molecule is OC1CCc2cc(OC3CCOCC3)ccc21. The molecule has 1 aromatic rings. The summed E-state index contributed by atoms with van der Waals surface area (Å²) < 4.78 is 11.3. The molecule has 92 valence electrons. The number of fused-ring (bicyclic) bond motifs is 1. The van der Waals surface area contributed by atoms with Gasteiger partial charge in [-0.25, -0.2) is 0 Å². The van der Waals surface area contributed by atoms with Gasteiger partial charge in [0.1, 0.15) is 11.9 Å². The number of aryl methyl sites for hydroxylation is 1. The third kappa shape index (κ3) is 2.31. The molecule has 1 N–H and O–H groups in total. The van der Waals surface area contributed by atoms with Gasteiger partial charge in [-0.1, -0.05) is 6.07 Å². The molecule has 0 bridgehead atoms. The van der Waals surface area contributed by atoms with Gasteiger partial charge in [0.2, 0.25) is 0 Å². The van der Waals surface area contributed by atoms with Crippen LogP contribution in [-0.4, -0.2) is 24.4 Å². The summed E-state index contributed by atoms with van der Waals surface area (Å²) in [7, 11) is 0. The predicted molar refractivity (Wildman–Crippen MR) is 64.2 cm³/mol. The van der Waals surface area contributed by atoms with E-state index in [4.69, 9.17) is 9.47 Å². The zero-order valence-electron chi connectivity index (χ0n) is 9.89. The van der Waals surface area contributed by atoms with E-state index in [2.05, 4.69) is 6.07 Å². The average molecular weight is 234 g/mol. The van der Waals surface area contributed by atoms with Crippen molar-refractivity contribution in [1.82, 2.24) is 0 Å². The molecule has 3 nitrogen and oxygen atoms in total. The Morgan fingerprint density at radius 1 is 1.18 bits per heavy atom. The van der Waals surface area contributed by atoms with Crippen molar-refractivity contribution in [2.75, 3.05) is 13.2 Å². The number of hydrogen-bond donors (Lipinski definition) is 1. The van der Waals surface area contributed by atoms with Crippen LogP contribution in [-0.2, 0) is 11.2 Å². The quantitative estimate of drug-likeness (QED) is 0.852. The van der Waals surface area contributed by atoms with Crippen molar-refractivity contribution in [3.8, 4) is 5.75 Å².